The average Bonchev–Trinajstić information content (AvgIpc) is 3.41. The number of hydrogen-bond acceptors (Lipinski definition) is 9. The molecule has 8 rings (SSSR count). The Morgan fingerprint density at radius 1 is 1.17 bits per heavy atom. The highest BCUT2D eigenvalue weighted by Crippen LogP contribution is 2.67. The maximum absolute atomic E-state index is 14.8. The second-order valence-electron chi connectivity index (χ2n) is 12.8. The van der Waals surface area contributed by atoms with Crippen molar-refractivity contribution in [1.82, 2.24) is 4.90 Å². The molecule has 1 aromatic rings. The van der Waals surface area contributed by atoms with Crippen LogP contribution in [-0.4, -0.2) is 58.6 Å². The molecule has 12 heteroatoms. The fraction of sp³-hybridized carbons (Fsp3) is 0.600. The van der Waals surface area contributed by atoms with Crippen molar-refractivity contribution < 1.29 is 47.9 Å². The minimum Gasteiger partial charge on any atom is -0.481 e. The van der Waals surface area contributed by atoms with Crippen LogP contribution in [-0.2, 0) is 28.8 Å². The summed E-state index contributed by atoms with van der Waals surface area (Å²) in [6, 6.07) is 3.96. The lowest BCUT2D eigenvalue weighted by molar-refractivity contribution is -0.394. The van der Waals surface area contributed by atoms with E-state index in [1.54, 1.807) is 14.0 Å². The Balaban J connectivity index is 0.990. The van der Waals surface area contributed by atoms with E-state index in [1.807, 2.05) is 0 Å². The van der Waals surface area contributed by atoms with Gasteiger partial charge < -0.3 is 19.3 Å². The normalized spacial score (nSPS) is 39.4. The topological polar surface area (TPSA) is 133 Å². The van der Waals surface area contributed by atoms with E-state index in [9.17, 15) is 23.9 Å². The van der Waals surface area contributed by atoms with E-state index in [-0.39, 0.29) is 35.6 Å². The number of carbonyl (C=O) groups excluding carboxylic acids is 2. The number of aliphatic carboxylic acids is 1. The molecule has 4 atom stereocenters. The molecule has 11 nitrogen and oxygen atoms in total. The van der Waals surface area contributed by atoms with Crippen LogP contribution < -0.4 is 4.74 Å². The van der Waals surface area contributed by atoms with Gasteiger partial charge in [-0.15, -0.1) is 0 Å². The fourth-order valence-electron chi connectivity index (χ4n) is 8.18. The summed E-state index contributed by atoms with van der Waals surface area (Å²) in [4.78, 5) is 54.5. The summed E-state index contributed by atoms with van der Waals surface area (Å²) in [5.41, 5.74) is -0.138. The summed E-state index contributed by atoms with van der Waals surface area (Å²) >= 11 is 0. The number of amidine groups is 1. The van der Waals surface area contributed by atoms with Crippen molar-refractivity contribution in [1.29, 1.82) is 0 Å². The van der Waals surface area contributed by atoms with E-state index in [1.165, 1.54) is 23.1 Å². The SMILES string of the molecule is CC1=N/C(=C\c2ccc(OC(=O)OC3CCCC4(C3)OOC3(O4)C4CC5CC3CC(C(=O)O)(C5)C4)c(F)c2)C(=O)N1C. The van der Waals surface area contributed by atoms with Crippen molar-refractivity contribution in [2.45, 2.75) is 82.4 Å². The first kappa shape index (κ1) is 27.5. The molecule has 0 radical (unpaired) electrons. The molecule has 1 amide bonds. The van der Waals surface area contributed by atoms with E-state index < -0.39 is 41.0 Å². The van der Waals surface area contributed by atoms with Gasteiger partial charge in [-0.25, -0.2) is 14.2 Å². The molecule has 7 aliphatic rings. The summed E-state index contributed by atoms with van der Waals surface area (Å²) in [5.74, 6) is -3.48. The summed E-state index contributed by atoms with van der Waals surface area (Å²) < 4.78 is 32.2. The molecular formula is C30H33FN2O9. The van der Waals surface area contributed by atoms with Crippen LogP contribution in [0.3, 0.4) is 0 Å². The van der Waals surface area contributed by atoms with E-state index in [2.05, 4.69) is 4.99 Å². The van der Waals surface area contributed by atoms with Gasteiger partial charge in [0.15, 0.2) is 11.6 Å². The molecule has 5 aliphatic carbocycles. The highest BCUT2D eigenvalue weighted by Gasteiger charge is 2.71. The van der Waals surface area contributed by atoms with Gasteiger partial charge in [0.05, 0.1) is 5.41 Å². The van der Waals surface area contributed by atoms with Gasteiger partial charge in [0.25, 0.3) is 5.91 Å². The van der Waals surface area contributed by atoms with E-state index >= 15 is 0 Å². The molecule has 0 aromatic heterocycles. The summed E-state index contributed by atoms with van der Waals surface area (Å²) in [6.07, 6.45) is 5.16. The van der Waals surface area contributed by atoms with Crippen molar-refractivity contribution >= 4 is 29.9 Å². The zero-order chi connectivity index (χ0) is 29.4. The number of hydrogen-bond donors (Lipinski definition) is 1. The third-order valence-electron chi connectivity index (χ3n) is 10.1. The number of carboxylic acid groups (broad SMARTS) is 1. The summed E-state index contributed by atoms with van der Waals surface area (Å²) in [6.45, 7) is 1.70. The van der Waals surface area contributed by atoms with Gasteiger partial charge in [0.2, 0.25) is 11.6 Å². The Hall–Kier alpha value is -3.35. The smallest absolute Gasteiger partial charge is 0.481 e. The molecule has 1 N–H and O–H groups in total. The Morgan fingerprint density at radius 2 is 1.93 bits per heavy atom. The maximum Gasteiger partial charge on any atom is 0.514 e. The number of likely N-dealkylation sites (N-methyl/N-ethyl adjacent to an activating group) is 1. The number of nitrogens with zero attached hydrogens (tertiary/aromatic N) is 2. The van der Waals surface area contributed by atoms with Crippen LogP contribution in [0.2, 0.25) is 0 Å². The molecule has 4 unspecified atom stereocenters. The van der Waals surface area contributed by atoms with Crippen LogP contribution in [0.15, 0.2) is 28.9 Å². The van der Waals surface area contributed by atoms with Crippen molar-refractivity contribution in [3.05, 3.63) is 35.3 Å². The largest absolute Gasteiger partial charge is 0.514 e. The van der Waals surface area contributed by atoms with Crippen LogP contribution in [0.1, 0.15) is 70.3 Å². The number of carboxylic acids is 1. The predicted molar refractivity (Wildman–Crippen MR) is 142 cm³/mol. The van der Waals surface area contributed by atoms with Gasteiger partial charge in [-0.05, 0) is 81.6 Å². The third-order valence-corrected chi connectivity index (χ3v) is 10.1. The van der Waals surface area contributed by atoms with E-state index in [0.29, 0.717) is 55.8 Å². The van der Waals surface area contributed by atoms with Gasteiger partial charge in [0, 0.05) is 31.7 Å². The Kier molecular flexibility index (Phi) is 6.27. The number of halogens is 1. The van der Waals surface area contributed by atoms with Gasteiger partial charge in [-0.3, -0.25) is 14.5 Å². The molecule has 4 bridgehead atoms. The van der Waals surface area contributed by atoms with Crippen LogP contribution in [0.5, 0.6) is 5.75 Å². The molecule has 1 saturated heterocycles. The zero-order valence-electron chi connectivity index (χ0n) is 23.5. The zero-order valence-corrected chi connectivity index (χ0v) is 23.5. The molecule has 2 heterocycles. The lowest BCUT2D eigenvalue weighted by atomic mass is 9.47. The number of benzene rings is 1. The maximum atomic E-state index is 14.8. The van der Waals surface area contributed by atoms with Gasteiger partial charge in [-0.2, -0.15) is 9.78 Å². The van der Waals surface area contributed by atoms with Crippen molar-refractivity contribution in [3.8, 4) is 5.75 Å². The molecule has 1 aromatic carbocycles. The Bertz CT molecular complexity index is 1410. The minimum atomic E-state index is -1.11. The van der Waals surface area contributed by atoms with Crippen LogP contribution in [0, 0.1) is 29.0 Å². The first-order valence-electron chi connectivity index (χ1n) is 14.5. The third kappa shape index (κ3) is 4.34. The Labute approximate surface area is 241 Å². The second-order valence-corrected chi connectivity index (χ2v) is 12.8. The van der Waals surface area contributed by atoms with E-state index in [0.717, 1.165) is 18.9 Å². The molecule has 2 aliphatic heterocycles. The molecule has 6 fully saturated rings. The number of carbonyl (C=O) groups is 3. The van der Waals surface area contributed by atoms with Gasteiger partial charge in [0.1, 0.15) is 17.6 Å². The average molecular weight is 585 g/mol. The molecular weight excluding hydrogens is 551 g/mol. The number of ether oxygens (including phenoxy) is 3. The lowest BCUT2D eigenvalue weighted by Crippen LogP contribution is -2.64. The number of aliphatic imine (C=N–C) groups is 1. The highest BCUT2D eigenvalue weighted by molar-refractivity contribution is 6.13. The molecule has 2 spiro atoms. The monoisotopic (exact) mass is 584 g/mol. The second kappa shape index (κ2) is 9.58. The molecule has 224 valence electrons. The number of amides is 1. The quantitative estimate of drug-likeness (QED) is 0.229. The fourth-order valence-corrected chi connectivity index (χ4v) is 8.18. The molecule has 42 heavy (non-hydrogen) atoms. The van der Waals surface area contributed by atoms with Crippen molar-refractivity contribution in [2.24, 2.45) is 28.2 Å². The van der Waals surface area contributed by atoms with Gasteiger partial charge >= 0.3 is 12.1 Å². The van der Waals surface area contributed by atoms with Gasteiger partial charge in [-0.1, -0.05) is 6.07 Å². The highest BCUT2D eigenvalue weighted by atomic mass is 19.1. The van der Waals surface area contributed by atoms with E-state index in [4.69, 9.17) is 24.0 Å². The standard InChI is InChI=1S/C30H33FN2O9/c1-16-32-23(25(34)33(16)2)11-17-5-6-24(22(31)10-17)39-27(37)38-21-4-3-7-29(15-21)40-30(42-41-29)19-8-18-9-20(30)14-28(12-18,13-19)26(35)36/h5-6,10-11,18-21H,3-4,7-9,12-15H2,1-2H3,(H,35,36)/b23-11-. The van der Waals surface area contributed by atoms with Crippen molar-refractivity contribution in [3.63, 3.8) is 0 Å². The predicted octanol–water partition coefficient (Wildman–Crippen LogP) is 4.80. The van der Waals surface area contributed by atoms with Crippen molar-refractivity contribution in [2.75, 3.05) is 7.05 Å². The summed E-state index contributed by atoms with van der Waals surface area (Å²) in [5, 5.41) is 9.97. The minimum absolute atomic E-state index is 0.0735. The number of rotatable bonds is 4. The first-order valence-corrected chi connectivity index (χ1v) is 14.5. The van der Waals surface area contributed by atoms with Crippen LogP contribution in [0.25, 0.3) is 6.08 Å². The Morgan fingerprint density at radius 3 is 2.60 bits per heavy atom. The van der Waals surface area contributed by atoms with Crippen LogP contribution in [0.4, 0.5) is 9.18 Å². The van der Waals surface area contributed by atoms with Crippen LogP contribution >= 0.6 is 0 Å². The first-order chi connectivity index (χ1) is 20.0. The lowest BCUT2D eigenvalue weighted by Gasteiger charge is -2.60. The molecule has 5 saturated carbocycles. The summed E-state index contributed by atoms with van der Waals surface area (Å²) in [7, 11) is 1.61.